The van der Waals surface area contributed by atoms with Crippen LogP contribution in [0, 0.1) is 0 Å². The second kappa shape index (κ2) is 8.99. The van der Waals surface area contributed by atoms with E-state index in [0.29, 0.717) is 30.5 Å². The van der Waals surface area contributed by atoms with E-state index in [-0.39, 0.29) is 11.9 Å². The van der Waals surface area contributed by atoms with Crippen LogP contribution in [-0.2, 0) is 11.2 Å². The van der Waals surface area contributed by atoms with Gasteiger partial charge in [-0.05, 0) is 37.0 Å². The van der Waals surface area contributed by atoms with Gasteiger partial charge in [0.05, 0.1) is 0 Å². The van der Waals surface area contributed by atoms with Crippen molar-refractivity contribution in [1.29, 1.82) is 0 Å². The molecule has 1 aliphatic heterocycles. The lowest BCUT2D eigenvalue weighted by molar-refractivity contribution is -0.132. The number of amides is 1. The molecule has 3 aromatic rings. The molecule has 0 aliphatic carbocycles. The highest BCUT2D eigenvalue weighted by Gasteiger charge is 2.34. The number of carbonyl (C=O) groups is 1. The molecule has 150 valence electrons. The monoisotopic (exact) mass is 390 g/mol. The van der Waals surface area contributed by atoms with E-state index in [0.717, 1.165) is 31.4 Å². The quantitative estimate of drug-likeness (QED) is 0.603. The molecule has 6 nitrogen and oxygen atoms in total. The van der Waals surface area contributed by atoms with Gasteiger partial charge in [-0.3, -0.25) is 9.78 Å². The summed E-state index contributed by atoms with van der Waals surface area (Å²) >= 11 is 0. The molecule has 1 amide bonds. The van der Waals surface area contributed by atoms with Crippen molar-refractivity contribution in [3.63, 3.8) is 0 Å². The molecular formula is C23H26N4O2. The smallest absolute Gasteiger partial charge is 0.227 e. The summed E-state index contributed by atoms with van der Waals surface area (Å²) in [5.41, 5.74) is 2.12. The van der Waals surface area contributed by atoms with Crippen LogP contribution in [0.1, 0.15) is 50.0 Å². The molecular weight excluding hydrogens is 364 g/mol. The molecule has 6 heteroatoms. The van der Waals surface area contributed by atoms with Gasteiger partial charge in [0.25, 0.3) is 0 Å². The van der Waals surface area contributed by atoms with Crippen LogP contribution in [0.15, 0.2) is 59.4 Å². The van der Waals surface area contributed by atoms with Crippen molar-refractivity contribution < 1.29 is 9.32 Å². The zero-order valence-corrected chi connectivity index (χ0v) is 16.7. The van der Waals surface area contributed by atoms with Gasteiger partial charge < -0.3 is 9.42 Å². The minimum absolute atomic E-state index is 0.169. The van der Waals surface area contributed by atoms with E-state index in [2.05, 4.69) is 51.2 Å². The average molecular weight is 390 g/mol. The number of aromatic nitrogens is 3. The van der Waals surface area contributed by atoms with Gasteiger partial charge in [0.1, 0.15) is 0 Å². The second-order valence-electron chi connectivity index (χ2n) is 7.48. The molecule has 1 aliphatic rings. The molecule has 0 bridgehead atoms. The van der Waals surface area contributed by atoms with Gasteiger partial charge in [-0.2, -0.15) is 4.98 Å². The van der Waals surface area contributed by atoms with E-state index in [1.165, 1.54) is 5.56 Å². The lowest BCUT2D eigenvalue weighted by Gasteiger charge is -2.31. The zero-order chi connectivity index (χ0) is 20.1. The SMILES string of the molecule is CC[C@@H](c1ccccc1)[C@H]1CCCN1C(=O)CCc1nc(-c2cccnc2)no1. The Labute approximate surface area is 171 Å². The molecule has 0 saturated carbocycles. The fourth-order valence-corrected chi connectivity index (χ4v) is 4.28. The van der Waals surface area contributed by atoms with Gasteiger partial charge in [0.15, 0.2) is 0 Å². The van der Waals surface area contributed by atoms with E-state index in [1.54, 1.807) is 12.4 Å². The Morgan fingerprint density at radius 3 is 2.86 bits per heavy atom. The first-order valence-electron chi connectivity index (χ1n) is 10.3. The van der Waals surface area contributed by atoms with E-state index < -0.39 is 0 Å². The Hall–Kier alpha value is -3.02. The van der Waals surface area contributed by atoms with Crippen LogP contribution >= 0.6 is 0 Å². The first-order valence-corrected chi connectivity index (χ1v) is 10.3. The summed E-state index contributed by atoms with van der Waals surface area (Å²) in [7, 11) is 0. The summed E-state index contributed by atoms with van der Waals surface area (Å²) in [5, 5.41) is 4.01. The van der Waals surface area contributed by atoms with Crippen LogP contribution < -0.4 is 0 Å². The van der Waals surface area contributed by atoms with Crippen molar-refractivity contribution >= 4 is 5.91 Å². The van der Waals surface area contributed by atoms with Gasteiger partial charge in [0.2, 0.25) is 17.6 Å². The molecule has 29 heavy (non-hydrogen) atoms. The maximum Gasteiger partial charge on any atom is 0.227 e. The fraction of sp³-hybridized carbons (Fsp3) is 0.391. The second-order valence-corrected chi connectivity index (χ2v) is 7.48. The predicted octanol–water partition coefficient (Wildman–Crippen LogP) is 4.25. The lowest BCUT2D eigenvalue weighted by atomic mass is 9.87. The van der Waals surface area contributed by atoms with E-state index >= 15 is 0 Å². The summed E-state index contributed by atoms with van der Waals surface area (Å²) in [4.78, 5) is 23.5. The Kier molecular flexibility index (Phi) is 5.98. The maximum atomic E-state index is 13.0. The van der Waals surface area contributed by atoms with E-state index in [4.69, 9.17) is 4.52 Å². The maximum absolute atomic E-state index is 13.0. The van der Waals surface area contributed by atoms with Crippen molar-refractivity contribution in [2.75, 3.05) is 6.54 Å². The van der Waals surface area contributed by atoms with Crippen LogP contribution in [0.4, 0.5) is 0 Å². The van der Waals surface area contributed by atoms with Crippen LogP contribution in [-0.4, -0.2) is 38.5 Å². The zero-order valence-electron chi connectivity index (χ0n) is 16.7. The number of carbonyl (C=O) groups excluding carboxylic acids is 1. The third-order valence-corrected chi connectivity index (χ3v) is 5.69. The summed E-state index contributed by atoms with van der Waals surface area (Å²) in [6.45, 7) is 3.04. The van der Waals surface area contributed by atoms with E-state index in [9.17, 15) is 4.79 Å². The highest BCUT2D eigenvalue weighted by molar-refractivity contribution is 5.77. The standard InChI is InChI=1S/C23H26N4O2/c1-2-19(17-8-4-3-5-9-17)20-11-7-15-27(20)22(28)13-12-21-25-23(26-29-21)18-10-6-14-24-16-18/h3-6,8-10,14,16,19-20H,2,7,11-13,15H2,1H3/t19-,20+/m0/s1. The number of aryl methyl sites for hydroxylation is 1. The Balaban J connectivity index is 1.40. The normalized spacial score (nSPS) is 17.4. The minimum atomic E-state index is 0.169. The van der Waals surface area contributed by atoms with Crippen molar-refractivity contribution in [1.82, 2.24) is 20.0 Å². The average Bonchev–Trinajstić information content (AvgIpc) is 3.44. The van der Waals surface area contributed by atoms with Crippen molar-refractivity contribution in [3.8, 4) is 11.4 Å². The third kappa shape index (κ3) is 4.36. The molecule has 1 saturated heterocycles. The Morgan fingerprint density at radius 2 is 2.10 bits per heavy atom. The molecule has 2 atom stereocenters. The summed E-state index contributed by atoms with van der Waals surface area (Å²) in [5.74, 6) is 1.55. The highest BCUT2D eigenvalue weighted by atomic mass is 16.5. The highest BCUT2D eigenvalue weighted by Crippen LogP contribution is 2.34. The van der Waals surface area contributed by atoms with Gasteiger partial charge >= 0.3 is 0 Å². The van der Waals surface area contributed by atoms with Crippen molar-refractivity contribution in [3.05, 3.63) is 66.3 Å². The molecule has 0 N–H and O–H groups in total. The number of pyridine rings is 1. The largest absolute Gasteiger partial charge is 0.339 e. The Morgan fingerprint density at radius 1 is 1.24 bits per heavy atom. The van der Waals surface area contributed by atoms with Crippen LogP contribution in [0.25, 0.3) is 11.4 Å². The van der Waals surface area contributed by atoms with Gasteiger partial charge in [-0.25, -0.2) is 0 Å². The first-order chi connectivity index (χ1) is 14.3. The number of likely N-dealkylation sites (tertiary alicyclic amines) is 1. The Bertz CT molecular complexity index is 926. The van der Waals surface area contributed by atoms with Gasteiger partial charge in [-0.1, -0.05) is 42.4 Å². The number of hydrogen-bond donors (Lipinski definition) is 0. The van der Waals surface area contributed by atoms with Crippen LogP contribution in [0.2, 0.25) is 0 Å². The minimum Gasteiger partial charge on any atom is -0.339 e. The van der Waals surface area contributed by atoms with Gasteiger partial charge in [0, 0.05) is 49.3 Å². The van der Waals surface area contributed by atoms with Crippen molar-refractivity contribution in [2.24, 2.45) is 0 Å². The molecule has 0 radical (unpaired) electrons. The van der Waals surface area contributed by atoms with Crippen LogP contribution in [0.5, 0.6) is 0 Å². The lowest BCUT2D eigenvalue weighted by Crippen LogP contribution is -2.39. The summed E-state index contributed by atoms with van der Waals surface area (Å²) in [6.07, 6.45) is 7.39. The molecule has 0 unspecified atom stereocenters. The topological polar surface area (TPSA) is 72.1 Å². The van der Waals surface area contributed by atoms with E-state index in [1.807, 2.05) is 18.2 Å². The molecule has 4 rings (SSSR count). The molecule has 0 spiro atoms. The summed E-state index contributed by atoms with van der Waals surface area (Å²) < 4.78 is 5.34. The number of hydrogen-bond acceptors (Lipinski definition) is 5. The number of rotatable bonds is 7. The molecule has 3 heterocycles. The van der Waals surface area contributed by atoms with Gasteiger partial charge in [-0.15, -0.1) is 0 Å². The fourth-order valence-electron chi connectivity index (χ4n) is 4.28. The molecule has 1 aromatic carbocycles. The molecule has 2 aromatic heterocycles. The molecule has 1 fully saturated rings. The van der Waals surface area contributed by atoms with Crippen LogP contribution in [0.3, 0.4) is 0 Å². The number of nitrogens with zero attached hydrogens (tertiary/aromatic N) is 4. The predicted molar refractivity (Wildman–Crippen MR) is 110 cm³/mol. The number of benzene rings is 1. The third-order valence-electron chi connectivity index (χ3n) is 5.69. The summed E-state index contributed by atoms with van der Waals surface area (Å²) in [6, 6.07) is 14.5. The van der Waals surface area contributed by atoms with Crippen molar-refractivity contribution in [2.45, 2.75) is 51.0 Å². The first kappa shape index (κ1) is 19.3.